The molecule has 7 nitrogen and oxygen atoms in total. The molecule has 26 heavy (non-hydrogen) atoms. The van der Waals surface area contributed by atoms with Gasteiger partial charge in [-0.2, -0.15) is 0 Å². The predicted molar refractivity (Wildman–Crippen MR) is 107 cm³/mol. The van der Waals surface area contributed by atoms with Crippen LogP contribution in [0.25, 0.3) is 0 Å². The van der Waals surface area contributed by atoms with E-state index in [9.17, 15) is 12.8 Å². The number of fused-ring (bicyclic) bond motifs is 1. The first kappa shape index (κ1) is 21.2. The van der Waals surface area contributed by atoms with E-state index >= 15 is 0 Å². The zero-order valence-electron chi connectivity index (χ0n) is 14.5. The molecule has 1 aromatic carbocycles. The molecule has 146 valence electrons. The quantitative estimate of drug-likeness (QED) is 0.368. The molecule has 2 heterocycles. The van der Waals surface area contributed by atoms with Gasteiger partial charge in [-0.05, 0) is 30.5 Å². The van der Waals surface area contributed by atoms with Crippen molar-refractivity contribution in [2.75, 3.05) is 31.9 Å². The van der Waals surface area contributed by atoms with Crippen molar-refractivity contribution in [1.29, 1.82) is 0 Å². The topological polar surface area (TPSA) is 89.0 Å². The van der Waals surface area contributed by atoms with Gasteiger partial charge in [-0.15, -0.1) is 24.0 Å². The average Bonchev–Trinajstić information content (AvgIpc) is 2.92. The van der Waals surface area contributed by atoms with Crippen molar-refractivity contribution < 1.29 is 22.3 Å². The Morgan fingerprint density at radius 2 is 2.23 bits per heavy atom. The smallest absolute Gasteiger partial charge is 0.191 e. The van der Waals surface area contributed by atoms with Crippen molar-refractivity contribution in [2.45, 2.75) is 25.5 Å². The summed E-state index contributed by atoms with van der Waals surface area (Å²) < 4.78 is 47.4. The maximum Gasteiger partial charge on any atom is 0.191 e. The Hall–Kier alpha value is -1.14. The SMILES string of the molecule is CN=C(NCCc1cc(F)cc2c1OCOC2)NC1CCS(=O)(=O)C1.I. The van der Waals surface area contributed by atoms with E-state index in [-0.39, 0.29) is 54.1 Å². The van der Waals surface area contributed by atoms with Gasteiger partial charge in [0.15, 0.2) is 22.6 Å². The Kier molecular flexibility index (Phi) is 7.47. The van der Waals surface area contributed by atoms with E-state index in [4.69, 9.17) is 9.47 Å². The number of sulfone groups is 1. The van der Waals surface area contributed by atoms with Crippen LogP contribution in [0.15, 0.2) is 17.1 Å². The third-order valence-electron chi connectivity index (χ3n) is 4.24. The Morgan fingerprint density at radius 3 is 2.92 bits per heavy atom. The summed E-state index contributed by atoms with van der Waals surface area (Å²) in [5.41, 5.74) is 1.48. The van der Waals surface area contributed by atoms with E-state index in [1.165, 1.54) is 12.1 Å². The number of rotatable bonds is 4. The molecule has 10 heteroatoms. The molecule has 2 aliphatic rings. The maximum absolute atomic E-state index is 13.7. The third kappa shape index (κ3) is 5.43. The Bertz CT molecular complexity index is 773. The van der Waals surface area contributed by atoms with Gasteiger partial charge in [-0.1, -0.05) is 0 Å². The summed E-state index contributed by atoms with van der Waals surface area (Å²) in [4.78, 5) is 4.11. The summed E-state index contributed by atoms with van der Waals surface area (Å²) in [7, 11) is -1.31. The first-order valence-electron chi connectivity index (χ1n) is 8.16. The lowest BCUT2D eigenvalue weighted by atomic mass is 10.1. The summed E-state index contributed by atoms with van der Waals surface area (Å²) in [5.74, 6) is 1.23. The molecule has 1 atom stereocenters. The van der Waals surface area contributed by atoms with E-state index in [2.05, 4.69) is 15.6 Å². The van der Waals surface area contributed by atoms with Gasteiger partial charge in [0, 0.05) is 25.2 Å². The average molecular weight is 499 g/mol. The molecular formula is C16H23FIN3O4S. The fraction of sp³-hybridized carbons (Fsp3) is 0.562. The number of benzene rings is 1. The third-order valence-corrected chi connectivity index (χ3v) is 6.00. The molecule has 0 saturated carbocycles. The number of nitrogens with zero attached hydrogens (tertiary/aromatic N) is 1. The monoisotopic (exact) mass is 499 g/mol. The van der Waals surface area contributed by atoms with Gasteiger partial charge in [-0.25, -0.2) is 12.8 Å². The maximum atomic E-state index is 13.7. The largest absolute Gasteiger partial charge is 0.467 e. The van der Waals surface area contributed by atoms with Gasteiger partial charge in [0.2, 0.25) is 0 Å². The molecular weight excluding hydrogens is 476 g/mol. The molecule has 2 aliphatic heterocycles. The fourth-order valence-electron chi connectivity index (χ4n) is 3.05. The van der Waals surface area contributed by atoms with Crippen LogP contribution in [0, 0.1) is 5.82 Å². The minimum absolute atomic E-state index is 0. The summed E-state index contributed by atoms with van der Waals surface area (Å²) in [6.45, 7) is 1.02. The summed E-state index contributed by atoms with van der Waals surface area (Å²) in [6, 6.07) is 2.76. The Labute approximate surface area is 169 Å². The van der Waals surface area contributed by atoms with Crippen molar-refractivity contribution in [2.24, 2.45) is 4.99 Å². The van der Waals surface area contributed by atoms with Gasteiger partial charge in [-0.3, -0.25) is 4.99 Å². The number of guanidine groups is 1. The number of halogens is 2. The summed E-state index contributed by atoms with van der Waals surface area (Å²) >= 11 is 0. The van der Waals surface area contributed by atoms with Crippen LogP contribution in [0.5, 0.6) is 5.75 Å². The number of hydrogen-bond donors (Lipinski definition) is 2. The fourth-order valence-corrected chi connectivity index (χ4v) is 4.73. The zero-order chi connectivity index (χ0) is 17.9. The zero-order valence-corrected chi connectivity index (χ0v) is 17.6. The highest BCUT2D eigenvalue weighted by Gasteiger charge is 2.28. The molecule has 0 amide bonds. The van der Waals surface area contributed by atoms with Crippen LogP contribution >= 0.6 is 24.0 Å². The lowest BCUT2D eigenvalue weighted by Gasteiger charge is -2.21. The Balaban J connectivity index is 0.00000243. The van der Waals surface area contributed by atoms with Crippen molar-refractivity contribution in [3.63, 3.8) is 0 Å². The number of nitrogens with one attached hydrogen (secondary N) is 2. The van der Waals surface area contributed by atoms with Crippen LogP contribution in [0.3, 0.4) is 0 Å². The van der Waals surface area contributed by atoms with Crippen LogP contribution in [0.2, 0.25) is 0 Å². The molecule has 2 N–H and O–H groups in total. The van der Waals surface area contributed by atoms with Crippen molar-refractivity contribution >= 4 is 39.8 Å². The first-order valence-corrected chi connectivity index (χ1v) is 9.98. The van der Waals surface area contributed by atoms with Crippen LogP contribution in [-0.4, -0.2) is 52.3 Å². The van der Waals surface area contributed by atoms with Crippen molar-refractivity contribution in [3.05, 3.63) is 29.1 Å². The highest BCUT2D eigenvalue weighted by molar-refractivity contribution is 14.0. The van der Waals surface area contributed by atoms with Crippen molar-refractivity contribution in [1.82, 2.24) is 10.6 Å². The molecule has 0 aromatic heterocycles. The minimum Gasteiger partial charge on any atom is -0.467 e. The van der Waals surface area contributed by atoms with Gasteiger partial charge in [0.1, 0.15) is 11.6 Å². The molecule has 1 saturated heterocycles. The van der Waals surface area contributed by atoms with Crippen LogP contribution in [0.4, 0.5) is 4.39 Å². The van der Waals surface area contributed by atoms with Gasteiger partial charge in [0.05, 0.1) is 18.1 Å². The molecule has 3 rings (SSSR count). The highest BCUT2D eigenvalue weighted by atomic mass is 127. The normalized spacial score (nSPS) is 21.3. The number of hydrogen-bond acceptors (Lipinski definition) is 5. The highest BCUT2D eigenvalue weighted by Crippen LogP contribution is 2.29. The summed E-state index contributed by atoms with van der Waals surface area (Å²) in [5, 5.41) is 6.25. The molecule has 1 aromatic rings. The number of ether oxygens (including phenoxy) is 2. The minimum atomic E-state index is -2.94. The predicted octanol–water partition coefficient (Wildman–Crippen LogP) is 1.20. The van der Waals surface area contributed by atoms with Gasteiger partial charge < -0.3 is 20.1 Å². The van der Waals surface area contributed by atoms with E-state index in [0.717, 1.165) is 5.56 Å². The summed E-state index contributed by atoms with van der Waals surface area (Å²) in [6.07, 6.45) is 1.12. The number of aliphatic imine (C=N–C) groups is 1. The van der Waals surface area contributed by atoms with Crippen LogP contribution in [0.1, 0.15) is 17.5 Å². The van der Waals surface area contributed by atoms with Crippen LogP contribution < -0.4 is 15.4 Å². The molecule has 0 aliphatic carbocycles. The van der Waals surface area contributed by atoms with Gasteiger partial charge in [0.25, 0.3) is 0 Å². The second-order valence-electron chi connectivity index (χ2n) is 6.16. The lowest BCUT2D eigenvalue weighted by Crippen LogP contribution is -2.44. The molecule has 0 radical (unpaired) electrons. The molecule has 1 unspecified atom stereocenters. The molecule has 0 spiro atoms. The second kappa shape index (κ2) is 9.18. The van der Waals surface area contributed by atoms with Crippen LogP contribution in [-0.2, 0) is 27.6 Å². The standard InChI is InChI=1S/C16H22FN3O4S.HI/c1-18-16(20-14-3-5-25(21,22)9-14)19-4-2-11-6-13(17)7-12-8-23-10-24-15(11)12;/h6-7,14H,2-5,8-10H2,1H3,(H2,18,19,20);1H. The Morgan fingerprint density at radius 1 is 1.42 bits per heavy atom. The van der Waals surface area contributed by atoms with E-state index in [1.54, 1.807) is 7.05 Å². The van der Waals surface area contributed by atoms with Gasteiger partial charge >= 0.3 is 0 Å². The lowest BCUT2D eigenvalue weighted by molar-refractivity contribution is -0.0172. The van der Waals surface area contributed by atoms with E-state index in [0.29, 0.717) is 43.3 Å². The molecule has 1 fully saturated rings. The first-order chi connectivity index (χ1) is 12.0. The second-order valence-corrected chi connectivity index (χ2v) is 8.39. The molecule has 0 bridgehead atoms. The van der Waals surface area contributed by atoms with E-state index in [1.807, 2.05) is 0 Å². The van der Waals surface area contributed by atoms with Crippen molar-refractivity contribution in [3.8, 4) is 5.75 Å². The van der Waals surface area contributed by atoms with E-state index < -0.39 is 9.84 Å².